The van der Waals surface area contributed by atoms with Gasteiger partial charge in [0.15, 0.2) is 5.82 Å². The molecule has 2 aromatic carbocycles. The fourth-order valence-electron chi connectivity index (χ4n) is 3.23. The van der Waals surface area contributed by atoms with E-state index in [4.69, 9.17) is 0 Å². The Labute approximate surface area is 166 Å². The minimum absolute atomic E-state index is 0.370. The fourth-order valence-corrected chi connectivity index (χ4v) is 3.50. The van der Waals surface area contributed by atoms with Gasteiger partial charge in [-0.1, -0.05) is 46.3 Å². The van der Waals surface area contributed by atoms with Gasteiger partial charge in [-0.2, -0.15) is 5.26 Å². The molecule has 0 radical (unpaired) electrons. The number of aromatic nitrogens is 3. The molecule has 6 nitrogen and oxygen atoms in total. The Morgan fingerprint density at radius 3 is 2.30 bits per heavy atom. The van der Waals surface area contributed by atoms with E-state index in [1.54, 1.807) is 0 Å². The molecule has 1 aliphatic heterocycles. The van der Waals surface area contributed by atoms with E-state index in [-0.39, 0.29) is 0 Å². The van der Waals surface area contributed by atoms with Crippen LogP contribution < -0.4 is 4.90 Å². The Kier molecular flexibility index (Phi) is 5.19. The van der Waals surface area contributed by atoms with Gasteiger partial charge in [-0.3, -0.25) is 4.90 Å². The molecule has 1 aromatic heterocycles. The van der Waals surface area contributed by atoms with E-state index in [9.17, 15) is 5.26 Å². The molecule has 0 unspecified atom stereocenters. The Balaban J connectivity index is 1.46. The molecule has 0 spiro atoms. The minimum Gasteiger partial charge on any atom is -0.350 e. The Morgan fingerprint density at radius 1 is 0.926 bits per heavy atom. The van der Waals surface area contributed by atoms with Crippen molar-refractivity contribution in [2.45, 2.75) is 6.54 Å². The third-order valence-corrected chi connectivity index (χ3v) is 5.21. The van der Waals surface area contributed by atoms with E-state index in [0.717, 1.165) is 42.9 Å². The molecule has 4 rings (SSSR count). The van der Waals surface area contributed by atoms with Crippen LogP contribution in [-0.4, -0.2) is 46.1 Å². The topological polar surface area (TPSA) is 61.0 Å². The highest BCUT2D eigenvalue weighted by molar-refractivity contribution is 9.10. The Hall–Kier alpha value is -2.69. The molecule has 0 aliphatic carbocycles. The highest BCUT2D eigenvalue weighted by Gasteiger charge is 2.23. The molecule has 0 atom stereocenters. The number of piperazine rings is 1. The highest BCUT2D eigenvalue weighted by Crippen LogP contribution is 2.20. The molecule has 1 aliphatic rings. The lowest BCUT2D eigenvalue weighted by atomic mass is 10.2. The van der Waals surface area contributed by atoms with Gasteiger partial charge in [0.05, 0.1) is 5.69 Å². The summed E-state index contributed by atoms with van der Waals surface area (Å²) in [6.45, 7) is 4.49. The monoisotopic (exact) mass is 422 g/mol. The van der Waals surface area contributed by atoms with E-state index in [2.05, 4.69) is 66.3 Å². The molecular formula is C20H19BrN6. The van der Waals surface area contributed by atoms with Crippen molar-refractivity contribution in [2.24, 2.45) is 0 Å². The lowest BCUT2D eigenvalue weighted by Crippen LogP contribution is -2.46. The summed E-state index contributed by atoms with van der Waals surface area (Å²) in [7, 11) is 0. The zero-order chi connectivity index (χ0) is 18.6. The molecule has 1 saturated heterocycles. The normalized spacial score (nSPS) is 14.9. The second kappa shape index (κ2) is 7.91. The third-order valence-electron chi connectivity index (χ3n) is 4.68. The molecule has 0 saturated carbocycles. The average molecular weight is 423 g/mol. The molecule has 7 heteroatoms. The summed E-state index contributed by atoms with van der Waals surface area (Å²) in [6.07, 6.45) is 0. The maximum Gasteiger partial charge on any atom is 0.207 e. The van der Waals surface area contributed by atoms with Gasteiger partial charge >= 0.3 is 0 Å². The Bertz CT molecular complexity index is 937. The molecule has 0 amide bonds. The van der Waals surface area contributed by atoms with Crippen LogP contribution in [0.2, 0.25) is 0 Å². The van der Waals surface area contributed by atoms with Crippen molar-refractivity contribution in [3.05, 3.63) is 70.3 Å². The van der Waals surface area contributed by atoms with Crippen molar-refractivity contribution in [3.63, 3.8) is 0 Å². The summed E-state index contributed by atoms with van der Waals surface area (Å²) in [6, 6.07) is 20.4. The molecular weight excluding hydrogens is 404 g/mol. The average Bonchev–Trinajstić information content (AvgIpc) is 3.14. The van der Waals surface area contributed by atoms with Crippen molar-refractivity contribution in [1.82, 2.24) is 19.9 Å². The summed E-state index contributed by atoms with van der Waals surface area (Å²) < 4.78 is 0.994. The molecule has 3 aromatic rings. The number of rotatable bonds is 4. The van der Waals surface area contributed by atoms with Gasteiger partial charge in [-0.25, -0.2) is 0 Å². The number of nitrogens with zero attached hydrogens (tertiary/aromatic N) is 6. The van der Waals surface area contributed by atoms with Crippen LogP contribution in [-0.2, 0) is 6.54 Å². The van der Waals surface area contributed by atoms with Crippen LogP contribution in [0.3, 0.4) is 0 Å². The molecule has 0 bridgehead atoms. The standard InChI is InChI=1S/C20H19BrN6/c21-17-6-8-18(9-7-17)27-23-19(14-22)20(24-27)26-12-10-25(11-13-26)15-16-4-2-1-3-5-16/h1-9H,10-13,15H2. The lowest BCUT2D eigenvalue weighted by molar-refractivity contribution is 0.249. The summed E-state index contributed by atoms with van der Waals surface area (Å²) in [5.41, 5.74) is 2.53. The van der Waals surface area contributed by atoms with Gasteiger partial charge in [-0.15, -0.1) is 15.0 Å². The maximum atomic E-state index is 9.49. The minimum atomic E-state index is 0.370. The summed E-state index contributed by atoms with van der Waals surface area (Å²) in [5.74, 6) is 0.666. The van der Waals surface area contributed by atoms with E-state index >= 15 is 0 Å². The number of halogens is 1. The van der Waals surface area contributed by atoms with E-state index in [1.165, 1.54) is 10.4 Å². The van der Waals surface area contributed by atoms with Crippen molar-refractivity contribution >= 4 is 21.7 Å². The van der Waals surface area contributed by atoms with Crippen molar-refractivity contribution in [2.75, 3.05) is 31.1 Å². The van der Waals surface area contributed by atoms with Gasteiger partial charge in [0.1, 0.15) is 6.07 Å². The van der Waals surface area contributed by atoms with Crippen LogP contribution in [0.15, 0.2) is 59.1 Å². The number of hydrogen-bond donors (Lipinski definition) is 0. The summed E-state index contributed by atoms with van der Waals surface area (Å²) >= 11 is 3.43. The van der Waals surface area contributed by atoms with Crippen LogP contribution in [0.4, 0.5) is 5.82 Å². The number of hydrogen-bond acceptors (Lipinski definition) is 5. The van der Waals surface area contributed by atoms with Crippen molar-refractivity contribution in [1.29, 1.82) is 5.26 Å². The van der Waals surface area contributed by atoms with Gasteiger partial charge in [0, 0.05) is 37.2 Å². The van der Waals surface area contributed by atoms with Crippen LogP contribution in [0.1, 0.15) is 11.3 Å². The lowest BCUT2D eigenvalue weighted by Gasteiger charge is -2.34. The fraction of sp³-hybridized carbons (Fsp3) is 0.250. The zero-order valence-corrected chi connectivity index (χ0v) is 16.4. The van der Waals surface area contributed by atoms with Crippen LogP contribution >= 0.6 is 15.9 Å². The molecule has 136 valence electrons. The smallest absolute Gasteiger partial charge is 0.207 e. The van der Waals surface area contributed by atoms with Gasteiger partial charge in [0.2, 0.25) is 5.69 Å². The summed E-state index contributed by atoms with van der Waals surface area (Å²) in [4.78, 5) is 6.12. The van der Waals surface area contributed by atoms with Crippen LogP contribution in [0.25, 0.3) is 5.69 Å². The van der Waals surface area contributed by atoms with Crippen molar-refractivity contribution in [3.8, 4) is 11.8 Å². The van der Waals surface area contributed by atoms with Crippen molar-refractivity contribution < 1.29 is 0 Å². The number of nitriles is 1. The number of anilines is 1. The maximum absolute atomic E-state index is 9.49. The van der Waals surface area contributed by atoms with Gasteiger partial charge < -0.3 is 4.90 Å². The van der Waals surface area contributed by atoms with Crippen LogP contribution in [0.5, 0.6) is 0 Å². The van der Waals surface area contributed by atoms with Gasteiger partial charge in [0.25, 0.3) is 0 Å². The molecule has 0 N–H and O–H groups in total. The van der Waals surface area contributed by atoms with Crippen LogP contribution in [0, 0.1) is 11.3 Å². The third kappa shape index (κ3) is 4.02. The molecule has 1 fully saturated rings. The predicted octanol–water partition coefficient (Wildman–Crippen LogP) is 3.22. The molecule has 2 heterocycles. The first-order valence-electron chi connectivity index (χ1n) is 8.87. The summed E-state index contributed by atoms with van der Waals surface area (Å²) in [5, 5.41) is 18.4. The van der Waals surface area contributed by atoms with E-state index in [1.807, 2.05) is 30.3 Å². The molecule has 27 heavy (non-hydrogen) atoms. The Morgan fingerprint density at radius 2 is 1.63 bits per heavy atom. The largest absolute Gasteiger partial charge is 0.350 e. The first kappa shape index (κ1) is 17.7. The zero-order valence-electron chi connectivity index (χ0n) is 14.8. The second-order valence-corrected chi connectivity index (χ2v) is 7.41. The van der Waals surface area contributed by atoms with E-state index in [0.29, 0.717) is 11.5 Å². The first-order chi connectivity index (χ1) is 13.2. The highest BCUT2D eigenvalue weighted by atomic mass is 79.9. The first-order valence-corrected chi connectivity index (χ1v) is 9.67. The number of benzene rings is 2. The second-order valence-electron chi connectivity index (χ2n) is 6.50. The quantitative estimate of drug-likeness (QED) is 0.645. The van der Waals surface area contributed by atoms with Gasteiger partial charge in [-0.05, 0) is 29.8 Å². The van der Waals surface area contributed by atoms with E-state index < -0.39 is 0 Å². The predicted molar refractivity (Wildman–Crippen MR) is 108 cm³/mol. The SMILES string of the molecule is N#Cc1nn(-c2ccc(Br)cc2)nc1N1CCN(Cc2ccccc2)CC1.